The number of hydrogen-bond acceptors (Lipinski definition) is 0. The maximum atomic E-state index is 4.54. The predicted molar refractivity (Wildman–Crippen MR) is 85.7 cm³/mol. The molecule has 0 atom stereocenters. The van der Waals surface area contributed by atoms with Crippen LogP contribution in [0.2, 0.25) is 0 Å². The summed E-state index contributed by atoms with van der Waals surface area (Å²) >= 11 is 0. The number of nitrogens with zero attached hydrogens (tertiary/aromatic N) is 2. The predicted octanol–water partition coefficient (Wildman–Crippen LogP) is 5.91. The van der Waals surface area contributed by atoms with Crippen molar-refractivity contribution in [1.82, 2.24) is 0 Å². The smallest absolute Gasteiger partial charge is 0.653 e. The van der Waals surface area contributed by atoms with Crippen LogP contribution in [-0.2, 0) is 16.8 Å². The molecule has 0 aliphatic heterocycles. The van der Waals surface area contributed by atoms with E-state index in [-0.39, 0.29) is 38.9 Å². The summed E-state index contributed by atoms with van der Waals surface area (Å²) in [6, 6.07) is 0. The van der Waals surface area contributed by atoms with Crippen molar-refractivity contribution in [3.8, 4) is 0 Å². The van der Waals surface area contributed by atoms with E-state index in [1.165, 1.54) is 0 Å². The zero-order chi connectivity index (χ0) is 15.4. The first-order valence-electron chi connectivity index (χ1n) is 6.89. The van der Waals surface area contributed by atoms with Crippen LogP contribution in [0, 0.1) is 0 Å². The molecule has 119 valence electrons. The Morgan fingerprint density at radius 2 is 0.474 bits per heavy atom. The van der Waals surface area contributed by atoms with Gasteiger partial charge in [-0.15, -0.1) is 22.2 Å². The molecule has 0 rings (SSSR count). The third kappa shape index (κ3) is 32.2. The largest absolute Gasteiger partial charge is 2.00 e. The third-order valence-electron chi connectivity index (χ3n) is 1.34. The average Bonchev–Trinajstić information content (AvgIpc) is 1.64. The van der Waals surface area contributed by atoms with E-state index in [9.17, 15) is 0 Å². The van der Waals surface area contributed by atoms with Crippen LogP contribution >= 0.6 is 0 Å². The van der Waals surface area contributed by atoms with Crippen LogP contribution in [0.25, 0.3) is 10.6 Å². The summed E-state index contributed by atoms with van der Waals surface area (Å²) in [4.78, 5) is 0. The van der Waals surface area contributed by atoms with Crippen molar-refractivity contribution in [2.75, 3.05) is 0 Å². The first-order valence-corrected chi connectivity index (χ1v) is 6.89. The molecule has 0 bridgehead atoms. The molecule has 0 spiro atoms. The molecular weight excluding hydrogens is 279 g/mol. The second-order valence-corrected chi connectivity index (χ2v) is 8.91. The SMILES string of the molecule is CC(C)(C)[N-]C(C)(C)C.CC(C)(C)[N-]C(C)(C)C.[Co+2]. The van der Waals surface area contributed by atoms with Crippen molar-refractivity contribution in [3.05, 3.63) is 10.6 Å². The Bertz CT molecular complexity index is 171. The monoisotopic (exact) mass is 315 g/mol. The van der Waals surface area contributed by atoms with E-state index in [4.69, 9.17) is 0 Å². The molecule has 2 nitrogen and oxygen atoms in total. The summed E-state index contributed by atoms with van der Waals surface area (Å²) in [6.07, 6.45) is 0. The summed E-state index contributed by atoms with van der Waals surface area (Å²) in [6.45, 7) is 25.5. The molecule has 0 fully saturated rings. The van der Waals surface area contributed by atoms with Gasteiger partial charge in [-0.25, -0.2) is 0 Å². The van der Waals surface area contributed by atoms with Gasteiger partial charge in [0.1, 0.15) is 0 Å². The van der Waals surface area contributed by atoms with Crippen LogP contribution in [0.3, 0.4) is 0 Å². The molecule has 0 aromatic carbocycles. The minimum absolute atomic E-state index is 0. The normalized spacial score (nSPS) is 13.3. The van der Waals surface area contributed by atoms with Gasteiger partial charge in [-0.3, -0.25) is 0 Å². The number of rotatable bonds is 0. The molecule has 0 aromatic heterocycles. The fourth-order valence-electron chi connectivity index (χ4n) is 2.01. The Labute approximate surface area is 133 Å². The van der Waals surface area contributed by atoms with E-state index < -0.39 is 0 Å². The van der Waals surface area contributed by atoms with Gasteiger partial charge in [-0.1, -0.05) is 83.1 Å². The topological polar surface area (TPSA) is 28.2 Å². The Kier molecular flexibility index (Phi) is 10.3. The van der Waals surface area contributed by atoms with Crippen LogP contribution in [0.4, 0.5) is 0 Å². The van der Waals surface area contributed by atoms with Crippen molar-refractivity contribution in [3.63, 3.8) is 0 Å². The molecule has 0 N–H and O–H groups in total. The fraction of sp³-hybridized carbons (Fsp3) is 1.00. The molecule has 0 aliphatic rings. The van der Waals surface area contributed by atoms with Gasteiger partial charge in [0, 0.05) is 0 Å². The standard InChI is InChI=1S/2C8H18N.Co/c2*1-7(2,3)9-8(4,5)6;/h2*1-6H3;/q2*-1;+2. The van der Waals surface area contributed by atoms with Gasteiger partial charge >= 0.3 is 16.8 Å². The summed E-state index contributed by atoms with van der Waals surface area (Å²) in [5, 5.41) is 9.08. The van der Waals surface area contributed by atoms with E-state index in [1.807, 2.05) is 0 Å². The van der Waals surface area contributed by atoms with E-state index >= 15 is 0 Å². The van der Waals surface area contributed by atoms with Crippen LogP contribution in [-0.4, -0.2) is 22.2 Å². The molecule has 0 amide bonds. The van der Waals surface area contributed by atoms with Crippen molar-refractivity contribution in [1.29, 1.82) is 0 Å². The molecule has 0 unspecified atom stereocenters. The van der Waals surface area contributed by atoms with Crippen molar-refractivity contribution in [2.24, 2.45) is 0 Å². The Balaban J connectivity index is -0.000000256. The molecule has 0 saturated carbocycles. The van der Waals surface area contributed by atoms with Crippen molar-refractivity contribution < 1.29 is 16.8 Å². The average molecular weight is 315 g/mol. The van der Waals surface area contributed by atoms with Gasteiger partial charge in [0.25, 0.3) is 0 Å². The minimum Gasteiger partial charge on any atom is -0.653 e. The second-order valence-electron chi connectivity index (χ2n) is 8.91. The van der Waals surface area contributed by atoms with Gasteiger partial charge in [-0.2, -0.15) is 0 Å². The second kappa shape index (κ2) is 8.01. The van der Waals surface area contributed by atoms with Crippen LogP contribution in [0.5, 0.6) is 0 Å². The zero-order valence-electron chi connectivity index (χ0n) is 15.2. The van der Waals surface area contributed by atoms with Gasteiger partial charge in [-0.05, 0) is 0 Å². The molecular formula is C16H36CoN2. The van der Waals surface area contributed by atoms with Gasteiger partial charge < -0.3 is 10.6 Å². The molecule has 0 saturated heterocycles. The first-order chi connectivity index (χ1) is 7.41. The van der Waals surface area contributed by atoms with E-state index in [0.29, 0.717) is 0 Å². The molecule has 1 radical (unpaired) electrons. The Hall–Kier alpha value is 0.426. The Morgan fingerprint density at radius 3 is 0.474 bits per heavy atom. The van der Waals surface area contributed by atoms with Gasteiger partial charge in [0.15, 0.2) is 0 Å². The van der Waals surface area contributed by atoms with Gasteiger partial charge in [0.05, 0.1) is 0 Å². The fourth-order valence-corrected chi connectivity index (χ4v) is 2.01. The maximum Gasteiger partial charge on any atom is 2.00 e. The van der Waals surface area contributed by atoms with E-state index in [1.54, 1.807) is 0 Å². The first kappa shape index (κ1) is 24.4. The van der Waals surface area contributed by atoms with Crippen molar-refractivity contribution >= 4 is 0 Å². The quantitative estimate of drug-likeness (QED) is 0.531. The summed E-state index contributed by atoms with van der Waals surface area (Å²) < 4.78 is 0. The van der Waals surface area contributed by atoms with Gasteiger partial charge in [0.2, 0.25) is 0 Å². The van der Waals surface area contributed by atoms with E-state index in [2.05, 4.69) is 93.7 Å². The third-order valence-corrected chi connectivity index (χ3v) is 1.34. The molecule has 0 heterocycles. The molecule has 0 aliphatic carbocycles. The Morgan fingerprint density at radius 1 is 0.368 bits per heavy atom. The summed E-state index contributed by atoms with van der Waals surface area (Å²) in [5.74, 6) is 0. The molecule has 3 heteroatoms. The van der Waals surface area contributed by atoms with Crippen LogP contribution in [0.1, 0.15) is 83.1 Å². The van der Waals surface area contributed by atoms with E-state index in [0.717, 1.165) is 0 Å². The van der Waals surface area contributed by atoms with Crippen LogP contribution < -0.4 is 0 Å². The summed E-state index contributed by atoms with van der Waals surface area (Å²) in [7, 11) is 0. The molecule has 0 aromatic rings. The summed E-state index contributed by atoms with van der Waals surface area (Å²) in [5.41, 5.74) is 0.438. The van der Waals surface area contributed by atoms with Crippen LogP contribution in [0.15, 0.2) is 0 Å². The van der Waals surface area contributed by atoms with Crippen molar-refractivity contribution in [2.45, 2.75) is 105 Å². The maximum absolute atomic E-state index is 4.54. The zero-order valence-corrected chi connectivity index (χ0v) is 16.3. The minimum atomic E-state index is 0. The number of hydrogen-bond donors (Lipinski definition) is 0. The molecule has 19 heavy (non-hydrogen) atoms.